The lowest BCUT2D eigenvalue weighted by atomic mass is 10.1. The number of rotatable bonds is 10. The van der Waals surface area contributed by atoms with E-state index in [0.717, 1.165) is 35.8 Å². The van der Waals surface area contributed by atoms with Crippen LogP contribution in [0.2, 0.25) is 0 Å². The number of carbonyl (C=O) groups is 3. The molecule has 1 heterocycles. The average molecular weight is 622 g/mol. The second-order valence-electron chi connectivity index (χ2n) is 10.9. The van der Waals surface area contributed by atoms with E-state index in [1.54, 1.807) is 50.4 Å². The van der Waals surface area contributed by atoms with E-state index >= 15 is 0 Å². The molecule has 3 amide bonds. The van der Waals surface area contributed by atoms with Crippen LogP contribution in [0.1, 0.15) is 46.2 Å². The van der Waals surface area contributed by atoms with Gasteiger partial charge in [0.05, 0.1) is 36.6 Å². The quantitative estimate of drug-likeness (QED) is 0.177. The van der Waals surface area contributed by atoms with Crippen LogP contribution in [0.4, 0.5) is 27.5 Å². The minimum Gasteiger partial charge on any atom is -0.495 e. The van der Waals surface area contributed by atoms with Crippen molar-refractivity contribution in [1.82, 2.24) is 5.32 Å². The number of hydrogen-bond donors (Lipinski definition) is 3. The zero-order valence-electron chi connectivity index (χ0n) is 26.3. The Morgan fingerprint density at radius 1 is 0.761 bits per heavy atom. The molecular weight excluding hydrogens is 582 g/mol. The van der Waals surface area contributed by atoms with Crippen molar-refractivity contribution in [2.75, 3.05) is 60.3 Å². The summed E-state index contributed by atoms with van der Waals surface area (Å²) in [4.78, 5) is 43.1. The van der Waals surface area contributed by atoms with Crippen molar-refractivity contribution in [3.05, 3.63) is 114 Å². The molecule has 0 radical (unpaired) electrons. The Labute approximate surface area is 269 Å². The maximum atomic E-state index is 13.8. The van der Waals surface area contributed by atoms with E-state index in [1.807, 2.05) is 61.5 Å². The summed E-state index contributed by atoms with van der Waals surface area (Å²) in [7, 11) is 1.67. The van der Waals surface area contributed by atoms with Gasteiger partial charge in [-0.3, -0.25) is 4.79 Å². The van der Waals surface area contributed by atoms with Crippen LogP contribution in [0.15, 0.2) is 97.1 Å². The molecule has 0 aromatic heterocycles. The molecule has 3 N–H and O–H groups in total. The number of piperazine rings is 1. The summed E-state index contributed by atoms with van der Waals surface area (Å²) in [5.41, 5.74) is 4.65. The number of amides is 3. The fourth-order valence-corrected chi connectivity index (χ4v) is 5.45. The lowest BCUT2D eigenvalue weighted by Gasteiger charge is -2.38. The smallest absolute Gasteiger partial charge is 0.338 e. The molecular formula is C36H39N5O5. The molecule has 0 spiro atoms. The van der Waals surface area contributed by atoms with Gasteiger partial charge in [0.2, 0.25) is 0 Å². The minimum absolute atomic E-state index is 0.221. The molecule has 238 valence electrons. The number of para-hydroxylation sites is 2. The summed E-state index contributed by atoms with van der Waals surface area (Å²) in [5.74, 6) is 0.166. The van der Waals surface area contributed by atoms with E-state index in [9.17, 15) is 14.4 Å². The molecule has 1 aliphatic heterocycles. The van der Waals surface area contributed by atoms with Crippen LogP contribution in [-0.2, 0) is 4.74 Å². The number of carbonyl (C=O) groups excluding carboxylic acids is 3. The van der Waals surface area contributed by atoms with E-state index in [1.165, 1.54) is 0 Å². The Hall–Kier alpha value is -5.51. The molecule has 4 aromatic rings. The van der Waals surface area contributed by atoms with E-state index in [4.69, 9.17) is 9.47 Å². The van der Waals surface area contributed by atoms with E-state index in [0.29, 0.717) is 35.6 Å². The largest absolute Gasteiger partial charge is 0.495 e. The normalized spacial score (nSPS) is 13.4. The zero-order valence-corrected chi connectivity index (χ0v) is 26.3. The standard InChI is InChI=1S/C36H39N5O5/c1-4-46-35(43)27-14-16-28(17-15-27)38-36(44)39-29-18-19-31(30(24-29)34(42)37-25(2)26-10-6-5-7-11-26)40-20-22-41(23-21-40)32-12-8-9-13-33(32)45-3/h5-19,24-25H,4,20-23H2,1-3H3,(H,37,42)(H2,38,39,44). The number of ether oxygens (including phenoxy) is 2. The van der Waals surface area contributed by atoms with E-state index in [-0.39, 0.29) is 18.6 Å². The number of hydrogen-bond acceptors (Lipinski definition) is 7. The topological polar surface area (TPSA) is 112 Å². The number of urea groups is 1. The van der Waals surface area contributed by atoms with Gasteiger partial charge < -0.3 is 35.2 Å². The molecule has 0 bridgehead atoms. The Kier molecular flexibility index (Phi) is 10.4. The third kappa shape index (κ3) is 7.76. The second-order valence-corrected chi connectivity index (χ2v) is 10.9. The number of anilines is 4. The highest BCUT2D eigenvalue weighted by molar-refractivity contribution is 6.04. The summed E-state index contributed by atoms with van der Waals surface area (Å²) in [6, 6.07) is 28.9. The van der Waals surface area contributed by atoms with Crippen LogP contribution in [0.5, 0.6) is 5.75 Å². The van der Waals surface area contributed by atoms with Gasteiger partial charge in [-0.05, 0) is 74.0 Å². The Bertz CT molecular complexity index is 1650. The van der Waals surface area contributed by atoms with Crippen LogP contribution in [0, 0.1) is 0 Å². The van der Waals surface area contributed by atoms with Crippen LogP contribution >= 0.6 is 0 Å². The van der Waals surface area contributed by atoms with Crippen LogP contribution < -0.4 is 30.5 Å². The van der Waals surface area contributed by atoms with E-state index in [2.05, 4.69) is 31.8 Å². The molecule has 1 unspecified atom stereocenters. The van der Waals surface area contributed by atoms with Gasteiger partial charge in [0.15, 0.2) is 0 Å². The van der Waals surface area contributed by atoms with Gasteiger partial charge in [0, 0.05) is 43.2 Å². The van der Waals surface area contributed by atoms with Gasteiger partial charge in [-0.15, -0.1) is 0 Å². The zero-order chi connectivity index (χ0) is 32.5. The number of nitrogens with zero attached hydrogens (tertiary/aromatic N) is 2. The molecule has 0 saturated carbocycles. The molecule has 1 atom stereocenters. The summed E-state index contributed by atoms with van der Waals surface area (Å²) in [6.07, 6.45) is 0. The van der Waals surface area contributed by atoms with E-state index < -0.39 is 12.0 Å². The molecule has 46 heavy (non-hydrogen) atoms. The maximum absolute atomic E-state index is 13.8. The van der Waals surface area contributed by atoms with Crippen molar-refractivity contribution in [2.45, 2.75) is 19.9 Å². The van der Waals surface area contributed by atoms with Gasteiger partial charge in [0.25, 0.3) is 5.91 Å². The molecule has 4 aromatic carbocycles. The number of nitrogens with one attached hydrogen (secondary N) is 3. The predicted octanol–water partition coefficient (Wildman–Crippen LogP) is 6.33. The number of methoxy groups -OCH3 is 1. The van der Waals surface area contributed by atoms with Crippen molar-refractivity contribution < 1.29 is 23.9 Å². The second kappa shape index (κ2) is 15.0. The van der Waals surface area contributed by atoms with Crippen molar-refractivity contribution >= 4 is 40.7 Å². The first-order chi connectivity index (χ1) is 22.4. The SMILES string of the molecule is CCOC(=O)c1ccc(NC(=O)Nc2ccc(N3CCN(c4ccccc4OC)CC3)c(C(=O)NC(C)c3ccccc3)c2)cc1. The number of esters is 1. The van der Waals surface area contributed by atoms with Crippen LogP contribution in [-0.4, -0.2) is 57.8 Å². The first-order valence-corrected chi connectivity index (χ1v) is 15.3. The van der Waals surface area contributed by atoms with Crippen molar-refractivity contribution in [2.24, 2.45) is 0 Å². The minimum atomic E-state index is -0.480. The molecule has 1 aliphatic rings. The monoisotopic (exact) mass is 621 g/mol. The fourth-order valence-electron chi connectivity index (χ4n) is 5.45. The molecule has 1 fully saturated rings. The maximum Gasteiger partial charge on any atom is 0.338 e. The van der Waals surface area contributed by atoms with Crippen molar-refractivity contribution in [3.8, 4) is 5.75 Å². The van der Waals surface area contributed by atoms with Gasteiger partial charge in [0.1, 0.15) is 5.75 Å². The molecule has 5 rings (SSSR count). The lowest BCUT2D eigenvalue weighted by molar-refractivity contribution is 0.0526. The lowest BCUT2D eigenvalue weighted by Crippen LogP contribution is -2.47. The number of benzene rings is 4. The van der Waals surface area contributed by atoms with Crippen LogP contribution in [0.3, 0.4) is 0 Å². The highest BCUT2D eigenvalue weighted by Crippen LogP contribution is 2.31. The third-order valence-electron chi connectivity index (χ3n) is 7.85. The molecule has 10 nitrogen and oxygen atoms in total. The molecule has 1 saturated heterocycles. The molecule has 10 heteroatoms. The first-order valence-electron chi connectivity index (χ1n) is 15.3. The summed E-state index contributed by atoms with van der Waals surface area (Å²) < 4.78 is 10.6. The van der Waals surface area contributed by atoms with Crippen LogP contribution in [0.25, 0.3) is 0 Å². The van der Waals surface area contributed by atoms with Gasteiger partial charge in [-0.2, -0.15) is 0 Å². The fraction of sp³-hybridized carbons (Fsp3) is 0.250. The predicted molar refractivity (Wildman–Crippen MR) is 181 cm³/mol. The average Bonchev–Trinajstić information content (AvgIpc) is 3.09. The third-order valence-corrected chi connectivity index (χ3v) is 7.85. The Morgan fingerprint density at radius 3 is 2.04 bits per heavy atom. The summed E-state index contributed by atoms with van der Waals surface area (Å²) in [5, 5.41) is 8.73. The Balaban J connectivity index is 1.33. The summed E-state index contributed by atoms with van der Waals surface area (Å²) >= 11 is 0. The molecule has 0 aliphatic carbocycles. The van der Waals surface area contributed by atoms with Gasteiger partial charge in [-0.1, -0.05) is 42.5 Å². The first kappa shape index (κ1) is 31.9. The highest BCUT2D eigenvalue weighted by atomic mass is 16.5. The Morgan fingerprint density at radius 2 is 1.37 bits per heavy atom. The van der Waals surface area contributed by atoms with Gasteiger partial charge >= 0.3 is 12.0 Å². The van der Waals surface area contributed by atoms with Crippen molar-refractivity contribution in [3.63, 3.8) is 0 Å². The van der Waals surface area contributed by atoms with Gasteiger partial charge in [-0.25, -0.2) is 9.59 Å². The summed E-state index contributed by atoms with van der Waals surface area (Å²) in [6.45, 7) is 6.86. The highest BCUT2D eigenvalue weighted by Gasteiger charge is 2.24. The van der Waals surface area contributed by atoms with Crippen molar-refractivity contribution in [1.29, 1.82) is 0 Å².